The van der Waals surface area contributed by atoms with Gasteiger partial charge in [0, 0.05) is 11.3 Å². The van der Waals surface area contributed by atoms with Crippen molar-refractivity contribution in [1.29, 1.82) is 0 Å². The number of ether oxygens (including phenoxy) is 1. The number of aromatic hydroxyl groups is 1. The lowest BCUT2D eigenvalue weighted by atomic mass is 10.1. The fourth-order valence-electron chi connectivity index (χ4n) is 3.77. The van der Waals surface area contributed by atoms with Crippen LogP contribution in [0.4, 0.5) is 5.69 Å². The summed E-state index contributed by atoms with van der Waals surface area (Å²) in [4.78, 5) is 24.0. The number of ketones is 1. The van der Waals surface area contributed by atoms with E-state index < -0.39 is 0 Å². The van der Waals surface area contributed by atoms with E-state index in [1.165, 1.54) is 50.3 Å². The number of unbranched alkanes of at least 4 members (excludes halogenated alkanes) is 5. The number of amides is 1. The van der Waals surface area contributed by atoms with Crippen molar-refractivity contribution in [2.45, 2.75) is 51.9 Å². The molecule has 1 amide bonds. The number of anilines is 1. The average molecular weight is 460 g/mol. The molecule has 0 aromatic heterocycles. The fourth-order valence-corrected chi connectivity index (χ4v) is 3.77. The SMILES string of the molecule is CC(=O)c1cc(NC(=O)c2ccc(OCCCCCCCCc3ccccc3)cc2)ccc1O. The zero-order valence-electron chi connectivity index (χ0n) is 19.8. The molecule has 0 spiro atoms. The normalized spacial score (nSPS) is 10.6. The van der Waals surface area contributed by atoms with E-state index in [-0.39, 0.29) is 23.0 Å². The number of aryl methyl sites for hydroxylation is 1. The number of benzene rings is 3. The van der Waals surface area contributed by atoms with E-state index in [0.717, 1.165) is 25.0 Å². The minimum atomic E-state index is -0.293. The van der Waals surface area contributed by atoms with Gasteiger partial charge in [-0.25, -0.2) is 0 Å². The first-order valence-electron chi connectivity index (χ1n) is 11.9. The molecule has 2 N–H and O–H groups in total. The lowest BCUT2D eigenvalue weighted by Crippen LogP contribution is -2.12. The largest absolute Gasteiger partial charge is 0.507 e. The van der Waals surface area contributed by atoms with Gasteiger partial charge in [0.2, 0.25) is 0 Å². The number of carbonyl (C=O) groups is 2. The molecule has 0 aliphatic carbocycles. The molecule has 0 fully saturated rings. The third-order valence-electron chi connectivity index (χ3n) is 5.72. The Morgan fingerprint density at radius 2 is 1.50 bits per heavy atom. The Labute approximate surface area is 201 Å². The van der Waals surface area contributed by atoms with Crippen LogP contribution in [0, 0.1) is 0 Å². The van der Waals surface area contributed by atoms with E-state index in [1.807, 2.05) is 0 Å². The molecule has 178 valence electrons. The maximum Gasteiger partial charge on any atom is 0.255 e. The van der Waals surface area contributed by atoms with Crippen molar-refractivity contribution in [3.8, 4) is 11.5 Å². The highest BCUT2D eigenvalue weighted by molar-refractivity contribution is 6.05. The molecule has 34 heavy (non-hydrogen) atoms. The maximum absolute atomic E-state index is 12.5. The summed E-state index contributed by atoms with van der Waals surface area (Å²) in [5.74, 6) is 0.0788. The number of hydrogen-bond acceptors (Lipinski definition) is 4. The van der Waals surface area contributed by atoms with Gasteiger partial charge in [-0.05, 0) is 74.2 Å². The van der Waals surface area contributed by atoms with Gasteiger partial charge in [0.25, 0.3) is 5.91 Å². The number of hydrogen-bond donors (Lipinski definition) is 2. The van der Waals surface area contributed by atoms with Crippen LogP contribution < -0.4 is 10.1 Å². The highest BCUT2D eigenvalue weighted by atomic mass is 16.5. The van der Waals surface area contributed by atoms with Crippen LogP contribution >= 0.6 is 0 Å². The predicted molar refractivity (Wildman–Crippen MR) is 136 cm³/mol. The van der Waals surface area contributed by atoms with Crippen molar-refractivity contribution < 1.29 is 19.4 Å². The Balaban J connectivity index is 1.31. The molecule has 3 rings (SSSR count). The molecule has 0 radical (unpaired) electrons. The summed E-state index contributed by atoms with van der Waals surface area (Å²) in [6.07, 6.45) is 8.31. The molecule has 5 nitrogen and oxygen atoms in total. The minimum Gasteiger partial charge on any atom is -0.507 e. The van der Waals surface area contributed by atoms with Gasteiger partial charge in [-0.3, -0.25) is 9.59 Å². The Bertz CT molecular complexity index is 1060. The number of nitrogens with one attached hydrogen (secondary N) is 1. The first kappa shape index (κ1) is 25.0. The van der Waals surface area contributed by atoms with Gasteiger partial charge in [0.05, 0.1) is 12.2 Å². The average Bonchev–Trinajstić information content (AvgIpc) is 2.85. The summed E-state index contributed by atoms with van der Waals surface area (Å²) < 4.78 is 5.80. The quantitative estimate of drug-likeness (QED) is 0.167. The Morgan fingerprint density at radius 1 is 0.824 bits per heavy atom. The van der Waals surface area contributed by atoms with Crippen LogP contribution in [0.2, 0.25) is 0 Å². The van der Waals surface area contributed by atoms with Crippen LogP contribution in [0.1, 0.15) is 71.7 Å². The summed E-state index contributed by atoms with van der Waals surface area (Å²) >= 11 is 0. The number of phenols is 1. The molecule has 0 aliphatic heterocycles. The molecule has 0 bridgehead atoms. The summed E-state index contributed by atoms with van der Waals surface area (Å²) in [6.45, 7) is 2.03. The highest BCUT2D eigenvalue weighted by Crippen LogP contribution is 2.23. The molecule has 0 heterocycles. The lowest BCUT2D eigenvalue weighted by Gasteiger charge is -2.09. The minimum absolute atomic E-state index is 0.102. The third kappa shape index (κ3) is 8.07. The van der Waals surface area contributed by atoms with Gasteiger partial charge < -0.3 is 15.2 Å². The number of Topliss-reactive ketones (excluding diaryl/α,β-unsaturated/α-hetero) is 1. The molecule has 0 unspecified atom stereocenters. The van der Waals surface area contributed by atoms with Crippen molar-refractivity contribution in [3.63, 3.8) is 0 Å². The molecular formula is C29H33NO4. The number of phenolic OH excluding ortho intramolecular Hbond substituents is 1. The van der Waals surface area contributed by atoms with Crippen molar-refractivity contribution >= 4 is 17.4 Å². The van der Waals surface area contributed by atoms with Crippen molar-refractivity contribution in [3.05, 3.63) is 89.5 Å². The van der Waals surface area contributed by atoms with Gasteiger partial charge in [-0.15, -0.1) is 0 Å². The van der Waals surface area contributed by atoms with E-state index in [4.69, 9.17) is 4.74 Å². The smallest absolute Gasteiger partial charge is 0.255 e. The Hall–Kier alpha value is -3.60. The molecule has 5 heteroatoms. The zero-order chi connectivity index (χ0) is 24.2. The molecule has 0 saturated carbocycles. The predicted octanol–water partition coefficient (Wildman–Crippen LogP) is 6.81. The Morgan fingerprint density at radius 3 is 2.21 bits per heavy atom. The molecule has 3 aromatic rings. The second kappa shape index (κ2) is 13.2. The lowest BCUT2D eigenvalue weighted by molar-refractivity contribution is 0.100. The summed E-state index contributed by atoms with van der Waals surface area (Å²) in [6, 6.07) is 22.1. The fraction of sp³-hybridized carbons (Fsp3) is 0.310. The standard InChI is InChI=1S/C29H33NO4/c1-22(31)27-21-25(16-19-28(27)32)30-29(33)24-14-17-26(18-15-24)34-20-10-5-3-2-4-7-11-23-12-8-6-9-13-23/h6,8-9,12-19,21,32H,2-5,7,10-11,20H2,1H3,(H,30,33). The van der Waals surface area contributed by atoms with Gasteiger partial charge in [0.15, 0.2) is 5.78 Å². The van der Waals surface area contributed by atoms with Gasteiger partial charge >= 0.3 is 0 Å². The van der Waals surface area contributed by atoms with E-state index in [2.05, 4.69) is 35.6 Å². The number of rotatable bonds is 13. The van der Waals surface area contributed by atoms with Crippen LogP contribution in [-0.2, 0) is 6.42 Å². The second-order valence-corrected chi connectivity index (χ2v) is 8.47. The monoisotopic (exact) mass is 459 g/mol. The van der Waals surface area contributed by atoms with Crippen LogP contribution in [-0.4, -0.2) is 23.4 Å². The zero-order valence-corrected chi connectivity index (χ0v) is 19.8. The van der Waals surface area contributed by atoms with Crippen LogP contribution in [0.5, 0.6) is 11.5 Å². The topological polar surface area (TPSA) is 75.6 Å². The van der Waals surface area contributed by atoms with Crippen molar-refractivity contribution in [2.24, 2.45) is 0 Å². The van der Waals surface area contributed by atoms with Crippen LogP contribution in [0.15, 0.2) is 72.8 Å². The van der Waals surface area contributed by atoms with E-state index >= 15 is 0 Å². The molecule has 0 atom stereocenters. The van der Waals surface area contributed by atoms with Gasteiger partial charge in [-0.2, -0.15) is 0 Å². The summed E-state index contributed by atoms with van der Waals surface area (Å²) in [5.41, 5.74) is 2.53. The molecule has 0 aliphatic rings. The van der Waals surface area contributed by atoms with E-state index in [1.54, 1.807) is 30.3 Å². The van der Waals surface area contributed by atoms with E-state index in [9.17, 15) is 14.7 Å². The third-order valence-corrected chi connectivity index (χ3v) is 5.72. The molecule has 3 aromatic carbocycles. The number of carbonyl (C=O) groups excluding carboxylic acids is 2. The summed E-state index contributed by atoms with van der Waals surface area (Å²) in [7, 11) is 0. The van der Waals surface area contributed by atoms with E-state index in [0.29, 0.717) is 17.9 Å². The van der Waals surface area contributed by atoms with Crippen LogP contribution in [0.3, 0.4) is 0 Å². The first-order valence-corrected chi connectivity index (χ1v) is 11.9. The van der Waals surface area contributed by atoms with Crippen molar-refractivity contribution in [2.75, 3.05) is 11.9 Å². The molecular weight excluding hydrogens is 426 g/mol. The van der Waals surface area contributed by atoms with Gasteiger partial charge in [0.1, 0.15) is 11.5 Å². The van der Waals surface area contributed by atoms with Crippen molar-refractivity contribution in [1.82, 2.24) is 0 Å². The maximum atomic E-state index is 12.5. The first-order chi connectivity index (χ1) is 16.5. The highest BCUT2D eigenvalue weighted by Gasteiger charge is 2.11. The van der Waals surface area contributed by atoms with Crippen LogP contribution in [0.25, 0.3) is 0 Å². The summed E-state index contributed by atoms with van der Waals surface area (Å²) in [5, 5.41) is 12.5. The van der Waals surface area contributed by atoms with Gasteiger partial charge in [-0.1, -0.05) is 56.0 Å². The Kier molecular flexibility index (Phi) is 9.71. The molecule has 0 saturated heterocycles. The second-order valence-electron chi connectivity index (χ2n) is 8.47.